The predicted octanol–water partition coefficient (Wildman–Crippen LogP) is 5.19. The molecule has 29 heavy (non-hydrogen) atoms. The molecule has 3 aromatic rings. The summed E-state index contributed by atoms with van der Waals surface area (Å²) in [7, 11) is -2.35. The number of hydrogen-bond donors (Lipinski definition) is 1. The van der Waals surface area contributed by atoms with Crippen molar-refractivity contribution >= 4 is 50.9 Å². The van der Waals surface area contributed by atoms with E-state index in [4.69, 9.17) is 0 Å². The van der Waals surface area contributed by atoms with Crippen LogP contribution in [0.25, 0.3) is 6.08 Å². The van der Waals surface area contributed by atoms with Crippen molar-refractivity contribution in [3.8, 4) is 0 Å². The van der Waals surface area contributed by atoms with Crippen LogP contribution in [0.2, 0.25) is 0 Å². The van der Waals surface area contributed by atoms with Gasteiger partial charge in [0.25, 0.3) is 10.0 Å². The first kappa shape index (κ1) is 21.2. The first-order valence-electron chi connectivity index (χ1n) is 8.59. The van der Waals surface area contributed by atoms with Crippen LogP contribution in [0.1, 0.15) is 10.4 Å². The second-order valence-corrected chi connectivity index (χ2v) is 10.2. The molecule has 1 N–H and O–H groups in total. The summed E-state index contributed by atoms with van der Waals surface area (Å²) in [5, 5.41) is 0. The second-order valence-electron chi connectivity index (χ2n) is 6.03. The highest BCUT2D eigenvalue weighted by molar-refractivity contribution is 8.01. The zero-order valence-electron chi connectivity index (χ0n) is 15.8. The maximum atomic E-state index is 12.7. The fourth-order valence-corrected chi connectivity index (χ4v) is 5.60. The highest BCUT2D eigenvalue weighted by Gasteiger charge is 2.16. The summed E-state index contributed by atoms with van der Waals surface area (Å²) < 4.78 is 33.7. The summed E-state index contributed by atoms with van der Waals surface area (Å²) in [5.41, 5.74) is 1.51. The quantitative estimate of drug-likeness (QED) is 0.400. The van der Waals surface area contributed by atoms with Crippen LogP contribution in [0.3, 0.4) is 0 Å². The summed E-state index contributed by atoms with van der Waals surface area (Å²) in [5.74, 6) is -0.413. The Kier molecular flexibility index (Phi) is 6.79. The fourth-order valence-electron chi connectivity index (χ4n) is 2.37. The number of esters is 1. The number of anilines is 1. The molecule has 0 aliphatic heterocycles. The van der Waals surface area contributed by atoms with Crippen LogP contribution < -0.4 is 4.72 Å². The molecule has 0 saturated heterocycles. The Morgan fingerprint density at radius 3 is 2.52 bits per heavy atom. The van der Waals surface area contributed by atoms with Crippen molar-refractivity contribution in [1.29, 1.82) is 0 Å². The van der Waals surface area contributed by atoms with Crippen LogP contribution >= 0.6 is 23.1 Å². The van der Waals surface area contributed by atoms with E-state index in [-0.39, 0.29) is 4.90 Å². The molecule has 0 aliphatic rings. The predicted molar refractivity (Wildman–Crippen MR) is 118 cm³/mol. The zero-order valence-corrected chi connectivity index (χ0v) is 18.2. The summed E-state index contributed by atoms with van der Waals surface area (Å²) in [6.45, 7) is 1.91. The normalized spacial score (nSPS) is 11.5. The van der Waals surface area contributed by atoms with Crippen molar-refractivity contribution in [2.24, 2.45) is 0 Å². The molecule has 5 nitrogen and oxygen atoms in total. The van der Waals surface area contributed by atoms with E-state index in [1.807, 2.05) is 31.2 Å². The van der Waals surface area contributed by atoms with Crippen molar-refractivity contribution in [2.75, 3.05) is 11.8 Å². The Labute approximate surface area is 178 Å². The molecule has 1 aromatic heterocycles. The molecule has 0 spiro atoms. The molecule has 8 heteroatoms. The monoisotopic (exact) mass is 445 g/mol. The number of nitrogens with one attached hydrogen (secondary N) is 1. The van der Waals surface area contributed by atoms with Gasteiger partial charge in [0, 0.05) is 15.8 Å². The van der Waals surface area contributed by atoms with Gasteiger partial charge in [-0.25, -0.2) is 13.2 Å². The molecule has 0 unspecified atom stereocenters. The van der Waals surface area contributed by atoms with Crippen LogP contribution in [0.4, 0.5) is 5.69 Å². The van der Waals surface area contributed by atoms with E-state index in [9.17, 15) is 13.2 Å². The van der Waals surface area contributed by atoms with Crippen molar-refractivity contribution in [2.45, 2.75) is 20.9 Å². The van der Waals surface area contributed by atoms with Crippen LogP contribution in [-0.2, 0) is 19.6 Å². The highest BCUT2D eigenvalue weighted by Crippen LogP contribution is 2.38. The van der Waals surface area contributed by atoms with E-state index in [0.717, 1.165) is 19.5 Å². The molecule has 0 aliphatic carbocycles. The topological polar surface area (TPSA) is 72.5 Å². The summed E-state index contributed by atoms with van der Waals surface area (Å²) in [6, 6.07) is 17.8. The summed E-state index contributed by atoms with van der Waals surface area (Å²) in [4.78, 5) is 13.1. The molecular formula is C21H19NO4S3. The Balaban J connectivity index is 1.79. The molecule has 3 rings (SSSR count). The summed E-state index contributed by atoms with van der Waals surface area (Å²) in [6.07, 6.45) is 3.05. The minimum Gasteiger partial charge on any atom is -0.466 e. The van der Waals surface area contributed by atoms with E-state index in [0.29, 0.717) is 5.69 Å². The van der Waals surface area contributed by atoms with Gasteiger partial charge >= 0.3 is 5.97 Å². The number of carbonyl (C=O) groups is 1. The third-order valence-corrected chi connectivity index (χ3v) is 7.50. The number of carbonyl (C=O) groups excluding carboxylic acids is 1. The lowest BCUT2D eigenvalue weighted by molar-refractivity contribution is -0.134. The van der Waals surface area contributed by atoms with Crippen LogP contribution in [-0.4, -0.2) is 21.5 Å². The van der Waals surface area contributed by atoms with Gasteiger partial charge in [-0.15, -0.1) is 11.3 Å². The molecule has 2 aromatic carbocycles. The Morgan fingerprint density at radius 2 is 1.79 bits per heavy atom. The minimum atomic E-state index is -3.68. The average Bonchev–Trinajstić information content (AvgIpc) is 3.15. The van der Waals surface area contributed by atoms with Crippen molar-refractivity contribution in [3.05, 3.63) is 77.2 Å². The smallest absolute Gasteiger partial charge is 0.330 e. The molecule has 0 bridgehead atoms. The van der Waals surface area contributed by atoms with E-state index >= 15 is 0 Å². The van der Waals surface area contributed by atoms with Crippen LogP contribution in [0, 0.1) is 6.92 Å². The van der Waals surface area contributed by atoms with E-state index in [1.165, 1.54) is 36.3 Å². The van der Waals surface area contributed by atoms with Gasteiger partial charge in [-0.1, -0.05) is 41.6 Å². The number of para-hydroxylation sites is 1. The number of benzene rings is 2. The van der Waals surface area contributed by atoms with Gasteiger partial charge in [0.2, 0.25) is 0 Å². The van der Waals surface area contributed by atoms with Gasteiger partial charge in [0.15, 0.2) is 0 Å². The number of aryl methyl sites for hydroxylation is 1. The Morgan fingerprint density at radius 1 is 1.07 bits per heavy atom. The first-order valence-corrected chi connectivity index (χ1v) is 11.7. The average molecular weight is 446 g/mol. The molecule has 0 fully saturated rings. The maximum Gasteiger partial charge on any atom is 0.330 e. The molecule has 1 heterocycles. The number of rotatable bonds is 7. The SMILES string of the molecule is COC(=O)/C=C/c1ccc(Sc2ccccc2NS(=O)(=O)c2ccc(C)cc2)s1. The Hall–Kier alpha value is -2.55. The van der Waals surface area contributed by atoms with E-state index < -0.39 is 16.0 Å². The molecule has 150 valence electrons. The largest absolute Gasteiger partial charge is 0.466 e. The lowest BCUT2D eigenvalue weighted by atomic mass is 10.2. The summed E-state index contributed by atoms with van der Waals surface area (Å²) >= 11 is 2.95. The lowest BCUT2D eigenvalue weighted by Crippen LogP contribution is -2.13. The first-order chi connectivity index (χ1) is 13.9. The molecule has 0 amide bonds. The lowest BCUT2D eigenvalue weighted by Gasteiger charge is -2.12. The minimum absolute atomic E-state index is 0.217. The second kappa shape index (κ2) is 9.30. The zero-order chi connectivity index (χ0) is 20.9. The molecule has 0 radical (unpaired) electrons. The van der Waals surface area contributed by atoms with Crippen molar-refractivity contribution < 1.29 is 17.9 Å². The van der Waals surface area contributed by atoms with Crippen molar-refractivity contribution in [3.63, 3.8) is 0 Å². The van der Waals surface area contributed by atoms with Gasteiger partial charge < -0.3 is 4.74 Å². The van der Waals surface area contributed by atoms with Gasteiger partial charge in [-0.05, 0) is 49.4 Å². The number of methoxy groups -OCH3 is 1. The highest BCUT2D eigenvalue weighted by atomic mass is 32.2. The third-order valence-electron chi connectivity index (χ3n) is 3.86. The number of hydrogen-bond acceptors (Lipinski definition) is 6. The van der Waals surface area contributed by atoms with Crippen LogP contribution in [0.5, 0.6) is 0 Å². The van der Waals surface area contributed by atoms with Crippen molar-refractivity contribution in [1.82, 2.24) is 0 Å². The Bertz CT molecular complexity index is 1130. The standard InChI is InChI=1S/C21H19NO4S3/c1-15-7-11-17(12-8-15)29(24,25)22-18-5-3-4-6-19(18)28-21-14-10-16(27-21)9-13-20(23)26-2/h3-14,22H,1-2H3/b13-9+. The van der Waals surface area contributed by atoms with Crippen LogP contribution in [0.15, 0.2) is 80.7 Å². The maximum absolute atomic E-state index is 12.7. The number of sulfonamides is 1. The van der Waals surface area contributed by atoms with Gasteiger partial charge in [-0.2, -0.15) is 0 Å². The van der Waals surface area contributed by atoms with E-state index in [2.05, 4.69) is 9.46 Å². The van der Waals surface area contributed by atoms with E-state index in [1.54, 1.807) is 42.5 Å². The molecular weight excluding hydrogens is 426 g/mol. The molecule has 0 saturated carbocycles. The number of thiophene rings is 1. The third kappa shape index (κ3) is 5.72. The van der Waals surface area contributed by atoms with Gasteiger partial charge in [0.1, 0.15) is 0 Å². The molecule has 0 atom stereocenters. The van der Waals surface area contributed by atoms with Gasteiger partial charge in [0.05, 0.1) is 21.9 Å². The fraction of sp³-hybridized carbons (Fsp3) is 0.0952. The van der Waals surface area contributed by atoms with Gasteiger partial charge in [-0.3, -0.25) is 4.72 Å². The number of ether oxygens (including phenoxy) is 1.